The summed E-state index contributed by atoms with van der Waals surface area (Å²) in [4.78, 5) is 4.58. The Morgan fingerprint density at radius 3 is 2.33 bits per heavy atom. The molecule has 27 heavy (non-hydrogen) atoms. The van der Waals surface area contributed by atoms with Crippen LogP contribution in [0.2, 0.25) is 0 Å². The van der Waals surface area contributed by atoms with Gasteiger partial charge in [0, 0.05) is 26.2 Å². The lowest BCUT2D eigenvalue weighted by Crippen LogP contribution is -2.49. The summed E-state index contributed by atoms with van der Waals surface area (Å²) in [5, 5.41) is 12.6. The van der Waals surface area contributed by atoms with E-state index < -0.39 is 0 Å². The normalized spacial score (nSPS) is 17.5. The van der Waals surface area contributed by atoms with Gasteiger partial charge in [-0.1, -0.05) is 26.0 Å². The summed E-state index contributed by atoms with van der Waals surface area (Å²) in [6.07, 6.45) is 0.996. The number of tetrazole rings is 1. The lowest BCUT2D eigenvalue weighted by atomic mass is 9.99. The fraction of sp³-hybridized carbons (Fsp3) is 0.650. The molecule has 7 heteroatoms. The van der Waals surface area contributed by atoms with Crippen molar-refractivity contribution in [2.45, 2.75) is 52.6 Å². The lowest BCUT2D eigenvalue weighted by Gasteiger charge is -2.40. The standard InChI is InChI=1S/C20H31FN6/c1-15(2)14-18(19-22-23-24-27(19)20(3,4)5)26-12-10-25(11-13-26)17-9-7-6-8-16(17)21/h6-9,15,18H,10-14H2,1-5H3/t18-/m0/s1. The molecule has 2 aromatic rings. The van der Waals surface area contributed by atoms with Crippen molar-refractivity contribution in [1.29, 1.82) is 0 Å². The third kappa shape index (κ3) is 4.46. The Hall–Kier alpha value is -2.02. The van der Waals surface area contributed by atoms with Crippen molar-refractivity contribution in [3.63, 3.8) is 0 Å². The quantitative estimate of drug-likeness (QED) is 0.802. The van der Waals surface area contributed by atoms with E-state index in [9.17, 15) is 4.39 Å². The van der Waals surface area contributed by atoms with Gasteiger partial charge >= 0.3 is 0 Å². The van der Waals surface area contributed by atoms with Gasteiger partial charge in [-0.2, -0.15) is 0 Å². The van der Waals surface area contributed by atoms with Crippen LogP contribution in [-0.4, -0.2) is 51.3 Å². The van der Waals surface area contributed by atoms with Crippen LogP contribution in [-0.2, 0) is 5.54 Å². The average molecular weight is 375 g/mol. The van der Waals surface area contributed by atoms with Crippen LogP contribution in [0.1, 0.15) is 52.9 Å². The van der Waals surface area contributed by atoms with Gasteiger partial charge in [0.15, 0.2) is 5.82 Å². The van der Waals surface area contributed by atoms with Crippen molar-refractivity contribution in [1.82, 2.24) is 25.1 Å². The Labute approximate surface area is 161 Å². The molecule has 0 spiro atoms. The van der Waals surface area contributed by atoms with Crippen molar-refractivity contribution in [3.8, 4) is 0 Å². The Kier molecular flexibility index (Phi) is 5.79. The molecule has 1 aliphatic heterocycles. The molecular formula is C20H31FN6. The van der Waals surface area contributed by atoms with Crippen molar-refractivity contribution in [3.05, 3.63) is 35.9 Å². The maximum atomic E-state index is 14.1. The first-order chi connectivity index (χ1) is 12.8. The van der Waals surface area contributed by atoms with Gasteiger partial charge in [-0.05, 0) is 55.7 Å². The second-order valence-corrected chi connectivity index (χ2v) is 8.74. The van der Waals surface area contributed by atoms with Crippen molar-refractivity contribution < 1.29 is 4.39 Å². The Morgan fingerprint density at radius 2 is 1.74 bits per heavy atom. The monoisotopic (exact) mass is 374 g/mol. The zero-order chi connectivity index (χ0) is 19.6. The predicted octanol–water partition coefficient (Wildman–Crippen LogP) is 3.48. The van der Waals surface area contributed by atoms with E-state index in [1.165, 1.54) is 6.07 Å². The molecule has 2 heterocycles. The third-order valence-electron chi connectivity index (χ3n) is 5.07. The zero-order valence-electron chi connectivity index (χ0n) is 17.1. The second-order valence-electron chi connectivity index (χ2n) is 8.74. The zero-order valence-corrected chi connectivity index (χ0v) is 17.1. The van der Waals surface area contributed by atoms with Gasteiger partial charge in [-0.3, -0.25) is 4.90 Å². The summed E-state index contributed by atoms with van der Waals surface area (Å²) in [7, 11) is 0. The number of rotatable bonds is 5. The highest BCUT2D eigenvalue weighted by molar-refractivity contribution is 5.48. The molecule has 1 atom stereocenters. The van der Waals surface area contributed by atoms with Crippen LogP contribution < -0.4 is 4.90 Å². The molecule has 1 aromatic carbocycles. The first kappa shape index (κ1) is 19.7. The van der Waals surface area contributed by atoms with Gasteiger partial charge in [-0.15, -0.1) is 5.10 Å². The average Bonchev–Trinajstić information content (AvgIpc) is 3.10. The molecular weight excluding hydrogens is 343 g/mol. The molecule has 0 radical (unpaired) electrons. The van der Waals surface area contributed by atoms with E-state index in [2.05, 4.69) is 59.9 Å². The molecule has 0 saturated carbocycles. The van der Waals surface area contributed by atoms with E-state index >= 15 is 0 Å². The van der Waals surface area contributed by atoms with Crippen molar-refractivity contribution in [2.75, 3.05) is 31.1 Å². The van der Waals surface area contributed by atoms with Gasteiger partial charge in [0.2, 0.25) is 0 Å². The molecule has 6 nitrogen and oxygen atoms in total. The van der Waals surface area contributed by atoms with Crippen LogP contribution >= 0.6 is 0 Å². The fourth-order valence-corrected chi connectivity index (χ4v) is 3.73. The molecule has 0 N–H and O–H groups in total. The summed E-state index contributed by atoms with van der Waals surface area (Å²) in [5.41, 5.74) is 0.528. The number of benzene rings is 1. The molecule has 0 aliphatic carbocycles. The minimum atomic E-state index is -0.164. The number of nitrogens with zero attached hydrogens (tertiary/aromatic N) is 6. The molecule has 1 aliphatic rings. The molecule has 1 saturated heterocycles. The molecule has 3 rings (SSSR count). The van der Waals surface area contributed by atoms with Crippen LogP contribution in [0.25, 0.3) is 0 Å². The minimum absolute atomic E-state index is 0.152. The van der Waals surface area contributed by atoms with Gasteiger partial charge < -0.3 is 4.90 Å². The number of para-hydroxylation sites is 1. The summed E-state index contributed by atoms with van der Waals surface area (Å²) in [5.74, 6) is 1.31. The molecule has 148 valence electrons. The third-order valence-corrected chi connectivity index (χ3v) is 5.07. The van der Waals surface area contributed by atoms with Gasteiger partial charge in [0.25, 0.3) is 0 Å². The number of hydrogen-bond donors (Lipinski definition) is 0. The highest BCUT2D eigenvalue weighted by atomic mass is 19.1. The Bertz CT molecular complexity index is 743. The van der Waals surface area contributed by atoms with Crippen LogP contribution in [0.15, 0.2) is 24.3 Å². The van der Waals surface area contributed by atoms with Gasteiger partial charge in [-0.25, -0.2) is 9.07 Å². The molecule has 0 unspecified atom stereocenters. The Balaban J connectivity index is 1.78. The van der Waals surface area contributed by atoms with E-state index in [1.54, 1.807) is 6.07 Å². The largest absolute Gasteiger partial charge is 0.367 e. The second kappa shape index (κ2) is 7.92. The maximum Gasteiger partial charge on any atom is 0.168 e. The van der Waals surface area contributed by atoms with E-state index in [-0.39, 0.29) is 17.4 Å². The number of piperazine rings is 1. The van der Waals surface area contributed by atoms with E-state index in [4.69, 9.17) is 0 Å². The Morgan fingerprint density at radius 1 is 1.07 bits per heavy atom. The fourth-order valence-electron chi connectivity index (χ4n) is 3.73. The molecule has 0 bridgehead atoms. The van der Waals surface area contributed by atoms with E-state index in [1.807, 2.05) is 16.8 Å². The van der Waals surface area contributed by atoms with E-state index in [0.29, 0.717) is 11.6 Å². The summed E-state index contributed by atoms with van der Waals surface area (Å²) in [6.45, 7) is 14.1. The summed E-state index contributed by atoms with van der Waals surface area (Å²) >= 11 is 0. The topological polar surface area (TPSA) is 50.1 Å². The van der Waals surface area contributed by atoms with Crippen LogP contribution in [0, 0.1) is 11.7 Å². The first-order valence-electron chi connectivity index (χ1n) is 9.79. The van der Waals surface area contributed by atoms with Crippen LogP contribution in [0.5, 0.6) is 0 Å². The summed E-state index contributed by atoms with van der Waals surface area (Å²) < 4.78 is 16.1. The predicted molar refractivity (Wildman–Crippen MR) is 105 cm³/mol. The highest BCUT2D eigenvalue weighted by Gasteiger charge is 2.32. The molecule has 1 aromatic heterocycles. The van der Waals surface area contributed by atoms with Gasteiger partial charge in [0.1, 0.15) is 5.82 Å². The highest BCUT2D eigenvalue weighted by Crippen LogP contribution is 2.30. The van der Waals surface area contributed by atoms with Crippen molar-refractivity contribution >= 4 is 5.69 Å². The van der Waals surface area contributed by atoms with Crippen molar-refractivity contribution in [2.24, 2.45) is 5.92 Å². The van der Waals surface area contributed by atoms with Crippen LogP contribution in [0.3, 0.4) is 0 Å². The number of hydrogen-bond acceptors (Lipinski definition) is 5. The molecule has 1 fully saturated rings. The first-order valence-corrected chi connectivity index (χ1v) is 9.79. The van der Waals surface area contributed by atoms with E-state index in [0.717, 1.165) is 38.4 Å². The smallest absolute Gasteiger partial charge is 0.168 e. The number of anilines is 1. The SMILES string of the molecule is CC(C)C[C@@H](c1nnnn1C(C)(C)C)N1CCN(c2ccccc2F)CC1. The van der Waals surface area contributed by atoms with Crippen LogP contribution in [0.4, 0.5) is 10.1 Å². The van der Waals surface area contributed by atoms with Gasteiger partial charge in [0.05, 0.1) is 17.3 Å². The number of aromatic nitrogens is 4. The lowest BCUT2D eigenvalue weighted by molar-refractivity contribution is 0.146. The molecule has 0 amide bonds. The minimum Gasteiger partial charge on any atom is -0.367 e. The number of halogens is 1. The maximum absolute atomic E-state index is 14.1. The summed E-state index contributed by atoms with van der Waals surface area (Å²) in [6, 6.07) is 7.18.